The van der Waals surface area contributed by atoms with E-state index in [0.29, 0.717) is 19.7 Å². The predicted octanol–water partition coefficient (Wildman–Crippen LogP) is 1.87. The Morgan fingerprint density at radius 1 is 1.17 bits per heavy atom. The van der Waals surface area contributed by atoms with E-state index in [1.165, 1.54) is 12.8 Å². The second kappa shape index (κ2) is 7.30. The van der Waals surface area contributed by atoms with E-state index in [-0.39, 0.29) is 17.9 Å². The topological polar surface area (TPSA) is 49.9 Å². The highest BCUT2D eigenvalue weighted by Crippen LogP contribution is 2.29. The van der Waals surface area contributed by atoms with Crippen molar-refractivity contribution in [3.63, 3.8) is 0 Å². The lowest BCUT2D eigenvalue weighted by Gasteiger charge is -2.38. The van der Waals surface area contributed by atoms with E-state index in [1.807, 2.05) is 37.3 Å². The van der Waals surface area contributed by atoms with Crippen LogP contribution in [0.2, 0.25) is 0 Å². The summed E-state index contributed by atoms with van der Waals surface area (Å²) in [6, 6.07) is 9.59. The number of ether oxygens (including phenoxy) is 1. The summed E-state index contributed by atoms with van der Waals surface area (Å²) in [5, 5.41) is 0. The lowest BCUT2D eigenvalue weighted by molar-refractivity contribution is -0.0231. The molecule has 0 unspecified atom stereocenters. The number of likely N-dealkylation sites (tertiary alicyclic amines) is 1. The van der Waals surface area contributed by atoms with Gasteiger partial charge in [-0.3, -0.25) is 0 Å². The average molecular weight is 338 g/mol. The molecular formula is C17H26N2O3S. The molecule has 1 aromatic carbocycles. The van der Waals surface area contributed by atoms with Gasteiger partial charge in [0.1, 0.15) is 0 Å². The van der Waals surface area contributed by atoms with Crippen LogP contribution in [-0.4, -0.2) is 62.3 Å². The van der Waals surface area contributed by atoms with Gasteiger partial charge in [0.2, 0.25) is 10.0 Å². The van der Waals surface area contributed by atoms with Gasteiger partial charge < -0.3 is 9.64 Å². The minimum absolute atomic E-state index is 0.0588. The minimum atomic E-state index is -3.29. The molecule has 5 nitrogen and oxygen atoms in total. The average Bonchev–Trinajstić information content (AvgIpc) is 3.07. The van der Waals surface area contributed by atoms with Crippen LogP contribution in [0.5, 0.6) is 0 Å². The Kier molecular flexibility index (Phi) is 5.36. The first-order chi connectivity index (χ1) is 11.1. The van der Waals surface area contributed by atoms with Crippen molar-refractivity contribution < 1.29 is 13.2 Å². The molecule has 3 rings (SSSR count). The second-order valence-corrected chi connectivity index (χ2v) is 8.55. The smallest absolute Gasteiger partial charge is 0.216 e. The number of morpholine rings is 1. The van der Waals surface area contributed by atoms with Crippen LogP contribution in [0, 0.1) is 0 Å². The molecule has 1 aromatic rings. The molecule has 2 saturated heterocycles. The van der Waals surface area contributed by atoms with Crippen molar-refractivity contribution in [2.75, 3.05) is 38.5 Å². The molecule has 0 amide bonds. The van der Waals surface area contributed by atoms with Gasteiger partial charge in [-0.1, -0.05) is 30.3 Å². The van der Waals surface area contributed by atoms with Crippen molar-refractivity contribution in [1.82, 2.24) is 9.21 Å². The number of rotatable bonds is 5. The van der Waals surface area contributed by atoms with Crippen LogP contribution in [0.3, 0.4) is 0 Å². The molecule has 2 heterocycles. The van der Waals surface area contributed by atoms with E-state index in [1.54, 1.807) is 4.31 Å². The second-order valence-electron chi connectivity index (χ2n) is 6.50. The Morgan fingerprint density at radius 2 is 1.87 bits per heavy atom. The SMILES string of the molecule is C[C@H]1CN(S(=O)(=O)CCN2CCCC2)[C@H](c2ccccc2)CO1. The van der Waals surface area contributed by atoms with Gasteiger partial charge in [-0.15, -0.1) is 0 Å². The number of benzene rings is 1. The van der Waals surface area contributed by atoms with E-state index in [0.717, 1.165) is 18.7 Å². The van der Waals surface area contributed by atoms with Crippen LogP contribution in [0.1, 0.15) is 31.4 Å². The van der Waals surface area contributed by atoms with E-state index < -0.39 is 10.0 Å². The van der Waals surface area contributed by atoms with Gasteiger partial charge >= 0.3 is 0 Å². The standard InChI is InChI=1S/C17H26N2O3S/c1-15-13-19(17(14-22-15)16-7-3-2-4-8-16)23(20,21)12-11-18-9-5-6-10-18/h2-4,7-8,15,17H,5-6,9-14H2,1H3/t15-,17-/m0/s1. The summed E-state index contributed by atoms with van der Waals surface area (Å²) in [6.07, 6.45) is 2.30. The normalized spacial score (nSPS) is 27.3. The van der Waals surface area contributed by atoms with Crippen molar-refractivity contribution in [1.29, 1.82) is 0 Å². The Balaban J connectivity index is 1.74. The third-order valence-electron chi connectivity index (χ3n) is 4.73. The summed E-state index contributed by atoms with van der Waals surface area (Å²) >= 11 is 0. The largest absolute Gasteiger partial charge is 0.375 e. The lowest BCUT2D eigenvalue weighted by Crippen LogP contribution is -2.48. The third kappa shape index (κ3) is 4.12. The van der Waals surface area contributed by atoms with E-state index >= 15 is 0 Å². The van der Waals surface area contributed by atoms with Gasteiger partial charge in [-0.05, 0) is 38.4 Å². The van der Waals surface area contributed by atoms with Crippen LogP contribution in [0.4, 0.5) is 0 Å². The van der Waals surface area contributed by atoms with E-state index in [2.05, 4.69) is 4.90 Å². The molecule has 128 valence electrons. The predicted molar refractivity (Wildman–Crippen MR) is 90.8 cm³/mol. The fourth-order valence-electron chi connectivity index (χ4n) is 3.38. The monoisotopic (exact) mass is 338 g/mol. The highest BCUT2D eigenvalue weighted by atomic mass is 32.2. The number of hydrogen-bond donors (Lipinski definition) is 0. The highest BCUT2D eigenvalue weighted by Gasteiger charge is 2.36. The molecule has 0 spiro atoms. The maximum atomic E-state index is 12.9. The number of sulfonamides is 1. The minimum Gasteiger partial charge on any atom is -0.375 e. The van der Waals surface area contributed by atoms with E-state index in [4.69, 9.17) is 4.74 Å². The zero-order valence-electron chi connectivity index (χ0n) is 13.7. The molecule has 0 saturated carbocycles. The van der Waals surface area contributed by atoms with E-state index in [9.17, 15) is 8.42 Å². The summed E-state index contributed by atoms with van der Waals surface area (Å²) in [4.78, 5) is 2.25. The molecule has 2 fully saturated rings. The first kappa shape index (κ1) is 16.9. The molecule has 6 heteroatoms. The summed E-state index contributed by atoms with van der Waals surface area (Å²) in [5.41, 5.74) is 1.00. The molecule has 0 N–H and O–H groups in total. The van der Waals surface area contributed by atoms with Crippen LogP contribution in [0.15, 0.2) is 30.3 Å². The quantitative estimate of drug-likeness (QED) is 0.822. The van der Waals surface area contributed by atoms with Gasteiger partial charge in [-0.2, -0.15) is 4.31 Å². The molecule has 2 aliphatic rings. The first-order valence-electron chi connectivity index (χ1n) is 8.45. The third-order valence-corrected chi connectivity index (χ3v) is 6.55. The van der Waals surface area contributed by atoms with Gasteiger partial charge in [0.05, 0.1) is 24.5 Å². The maximum absolute atomic E-state index is 12.9. The Hall–Kier alpha value is -0.950. The fraction of sp³-hybridized carbons (Fsp3) is 0.647. The molecule has 0 aromatic heterocycles. The van der Waals surface area contributed by atoms with Crippen LogP contribution in [-0.2, 0) is 14.8 Å². The number of hydrogen-bond acceptors (Lipinski definition) is 4. The molecule has 0 bridgehead atoms. The van der Waals surface area contributed by atoms with Crippen LogP contribution in [0.25, 0.3) is 0 Å². The van der Waals surface area contributed by atoms with Gasteiger partial charge in [0, 0.05) is 13.1 Å². The van der Waals surface area contributed by atoms with Crippen molar-refractivity contribution >= 4 is 10.0 Å². The molecular weight excluding hydrogens is 312 g/mol. The lowest BCUT2D eigenvalue weighted by atomic mass is 10.1. The fourth-order valence-corrected chi connectivity index (χ4v) is 5.12. The Labute approximate surface area is 139 Å². The summed E-state index contributed by atoms with van der Waals surface area (Å²) in [6.45, 7) is 5.48. The van der Waals surface area contributed by atoms with Gasteiger partial charge in [-0.25, -0.2) is 8.42 Å². The summed E-state index contributed by atoms with van der Waals surface area (Å²) in [5.74, 6) is 0.197. The highest BCUT2D eigenvalue weighted by molar-refractivity contribution is 7.89. The van der Waals surface area contributed by atoms with Crippen LogP contribution >= 0.6 is 0 Å². The van der Waals surface area contributed by atoms with Crippen molar-refractivity contribution in [3.8, 4) is 0 Å². The summed E-state index contributed by atoms with van der Waals surface area (Å²) in [7, 11) is -3.29. The molecule has 2 aliphatic heterocycles. The zero-order valence-corrected chi connectivity index (χ0v) is 14.5. The molecule has 0 radical (unpaired) electrons. The first-order valence-corrected chi connectivity index (χ1v) is 10.1. The van der Waals surface area contributed by atoms with Crippen molar-refractivity contribution in [2.45, 2.75) is 31.9 Å². The maximum Gasteiger partial charge on any atom is 0.216 e. The van der Waals surface area contributed by atoms with Crippen molar-refractivity contribution in [3.05, 3.63) is 35.9 Å². The van der Waals surface area contributed by atoms with Gasteiger partial charge in [0.25, 0.3) is 0 Å². The zero-order chi connectivity index (χ0) is 16.3. The van der Waals surface area contributed by atoms with Gasteiger partial charge in [0.15, 0.2) is 0 Å². The molecule has 0 aliphatic carbocycles. The molecule has 2 atom stereocenters. The van der Waals surface area contributed by atoms with Crippen LogP contribution < -0.4 is 0 Å². The number of nitrogens with zero attached hydrogens (tertiary/aromatic N) is 2. The molecule has 23 heavy (non-hydrogen) atoms. The Bertz CT molecular complexity index is 600. The Morgan fingerprint density at radius 3 is 2.57 bits per heavy atom. The van der Waals surface area contributed by atoms with Crippen molar-refractivity contribution in [2.24, 2.45) is 0 Å². The summed E-state index contributed by atoms with van der Waals surface area (Å²) < 4.78 is 33.2.